The average molecular weight is 461 g/mol. The van der Waals surface area contributed by atoms with Gasteiger partial charge in [0.2, 0.25) is 11.8 Å². The molecule has 0 unspecified atom stereocenters. The summed E-state index contributed by atoms with van der Waals surface area (Å²) in [5.74, 6) is 0.902. The molecule has 0 bridgehead atoms. The molecule has 0 saturated heterocycles. The fourth-order valence-corrected chi connectivity index (χ4v) is 4.59. The second kappa shape index (κ2) is 12.3. The number of aryl methyl sites for hydroxylation is 2. The molecule has 0 spiro atoms. The van der Waals surface area contributed by atoms with Crippen LogP contribution in [0.3, 0.4) is 0 Å². The molecule has 3 rings (SSSR count). The second-order valence-electron chi connectivity index (χ2n) is 8.25. The van der Waals surface area contributed by atoms with E-state index in [0.29, 0.717) is 18.7 Å². The van der Waals surface area contributed by atoms with Gasteiger partial charge in [-0.2, -0.15) is 0 Å². The fourth-order valence-electron chi connectivity index (χ4n) is 3.71. The Bertz CT molecular complexity index is 1050. The van der Waals surface area contributed by atoms with Crippen LogP contribution in [0.15, 0.2) is 78.9 Å². The number of rotatable bonds is 10. The number of carbonyl (C=O) groups excluding carboxylic acids is 2. The fraction of sp³-hybridized carbons (Fsp3) is 0.286. The average Bonchev–Trinajstić information content (AvgIpc) is 2.83. The van der Waals surface area contributed by atoms with Gasteiger partial charge in [-0.3, -0.25) is 9.59 Å². The highest BCUT2D eigenvalue weighted by Crippen LogP contribution is 2.20. The lowest BCUT2D eigenvalue weighted by atomic mass is 10.0. The molecule has 4 nitrogen and oxygen atoms in total. The van der Waals surface area contributed by atoms with Gasteiger partial charge in [0.15, 0.2) is 0 Å². The minimum Gasteiger partial charge on any atom is -0.357 e. The van der Waals surface area contributed by atoms with Crippen molar-refractivity contribution in [2.75, 3.05) is 12.8 Å². The van der Waals surface area contributed by atoms with Crippen molar-refractivity contribution in [3.63, 3.8) is 0 Å². The van der Waals surface area contributed by atoms with Gasteiger partial charge in [0.05, 0.1) is 5.75 Å². The van der Waals surface area contributed by atoms with Crippen LogP contribution in [0.4, 0.5) is 0 Å². The Morgan fingerprint density at radius 3 is 2.21 bits per heavy atom. The van der Waals surface area contributed by atoms with E-state index in [4.69, 9.17) is 0 Å². The summed E-state index contributed by atoms with van der Waals surface area (Å²) in [5, 5.41) is 2.77. The molecule has 1 N–H and O–H groups in total. The normalized spacial score (nSPS) is 11.6. The minimum atomic E-state index is -0.579. The summed E-state index contributed by atoms with van der Waals surface area (Å²) < 4.78 is 0. The molecule has 0 radical (unpaired) electrons. The van der Waals surface area contributed by atoms with Gasteiger partial charge in [-0.1, -0.05) is 84.4 Å². The summed E-state index contributed by atoms with van der Waals surface area (Å²) in [6, 6.07) is 25.7. The van der Waals surface area contributed by atoms with Crippen molar-refractivity contribution in [3.8, 4) is 0 Å². The van der Waals surface area contributed by atoms with Crippen LogP contribution >= 0.6 is 11.8 Å². The summed E-state index contributed by atoms with van der Waals surface area (Å²) in [5.41, 5.74) is 5.60. The quantitative estimate of drug-likeness (QED) is 0.467. The van der Waals surface area contributed by atoms with E-state index < -0.39 is 6.04 Å². The van der Waals surface area contributed by atoms with Gasteiger partial charge in [0.25, 0.3) is 0 Å². The van der Waals surface area contributed by atoms with Crippen molar-refractivity contribution in [1.82, 2.24) is 10.2 Å². The van der Waals surface area contributed by atoms with Crippen LogP contribution in [-0.4, -0.2) is 35.6 Å². The van der Waals surface area contributed by atoms with Crippen LogP contribution in [0.25, 0.3) is 0 Å². The summed E-state index contributed by atoms with van der Waals surface area (Å²) in [6.07, 6.45) is 0.473. The van der Waals surface area contributed by atoms with Gasteiger partial charge in [-0.15, -0.1) is 11.8 Å². The molecule has 0 fully saturated rings. The van der Waals surface area contributed by atoms with Crippen LogP contribution < -0.4 is 5.32 Å². The lowest BCUT2D eigenvalue weighted by Gasteiger charge is -2.31. The van der Waals surface area contributed by atoms with Crippen molar-refractivity contribution in [2.45, 2.75) is 38.6 Å². The third-order valence-corrected chi connectivity index (χ3v) is 6.72. The topological polar surface area (TPSA) is 49.4 Å². The van der Waals surface area contributed by atoms with E-state index in [1.165, 1.54) is 11.1 Å². The van der Waals surface area contributed by atoms with E-state index >= 15 is 0 Å². The van der Waals surface area contributed by atoms with Crippen LogP contribution in [0.5, 0.6) is 0 Å². The van der Waals surface area contributed by atoms with Gasteiger partial charge in [0.1, 0.15) is 6.04 Å². The number of thioether (sulfide) groups is 1. The first-order valence-electron chi connectivity index (χ1n) is 11.2. The predicted octanol–water partition coefficient (Wildman–Crippen LogP) is 4.92. The molecule has 0 aliphatic rings. The van der Waals surface area contributed by atoms with E-state index in [0.717, 1.165) is 22.4 Å². The number of amides is 2. The zero-order valence-electron chi connectivity index (χ0n) is 19.6. The smallest absolute Gasteiger partial charge is 0.242 e. The summed E-state index contributed by atoms with van der Waals surface area (Å²) in [6.45, 7) is 4.51. The Kier molecular flexibility index (Phi) is 9.14. The number of benzene rings is 3. The van der Waals surface area contributed by atoms with E-state index in [-0.39, 0.29) is 11.8 Å². The maximum absolute atomic E-state index is 13.5. The number of likely N-dealkylation sites (N-methyl/N-ethyl adjacent to an activating group) is 1. The lowest BCUT2D eigenvalue weighted by molar-refractivity contribution is -0.139. The number of carbonyl (C=O) groups is 2. The van der Waals surface area contributed by atoms with E-state index in [2.05, 4.69) is 36.5 Å². The molecule has 0 aliphatic carbocycles. The summed E-state index contributed by atoms with van der Waals surface area (Å²) >= 11 is 1.58. The highest BCUT2D eigenvalue weighted by molar-refractivity contribution is 7.99. The lowest BCUT2D eigenvalue weighted by Crippen LogP contribution is -2.50. The minimum absolute atomic E-state index is 0.0279. The van der Waals surface area contributed by atoms with Crippen molar-refractivity contribution in [3.05, 3.63) is 107 Å². The van der Waals surface area contributed by atoms with Gasteiger partial charge < -0.3 is 10.2 Å². The van der Waals surface area contributed by atoms with Crippen molar-refractivity contribution in [2.24, 2.45) is 0 Å². The van der Waals surface area contributed by atoms with Crippen LogP contribution in [0.2, 0.25) is 0 Å². The highest BCUT2D eigenvalue weighted by Gasteiger charge is 2.29. The number of nitrogens with one attached hydrogen (secondary N) is 1. The Hall–Kier alpha value is -3.05. The summed E-state index contributed by atoms with van der Waals surface area (Å²) in [7, 11) is 1.63. The molecule has 2 amide bonds. The molecular weight excluding hydrogens is 428 g/mol. The molecule has 3 aromatic rings. The summed E-state index contributed by atoms with van der Waals surface area (Å²) in [4.78, 5) is 28.2. The van der Waals surface area contributed by atoms with E-state index in [1.54, 1.807) is 23.7 Å². The van der Waals surface area contributed by atoms with E-state index in [9.17, 15) is 9.59 Å². The van der Waals surface area contributed by atoms with Crippen molar-refractivity contribution in [1.29, 1.82) is 0 Å². The SMILES string of the molecule is CNC(=O)[C@@H](Cc1ccccc1)N(Cc1ccccc1C)C(=O)CSCc1ccc(C)cc1. The third-order valence-electron chi connectivity index (χ3n) is 5.73. The molecule has 3 aromatic carbocycles. The molecule has 0 heterocycles. The van der Waals surface area contributed by atoms with Crippen LogP contribution in [0, 0.1) is 13.8 Å². The Labute approximate surface area is 201 Å². The Morgan fingerprint density at radius 2 is 1.55 bits per heavy atom. The maximum Gasteiger partial charge on any atom is 0.242 e. The van der Waals surface area contributed by atoms with Gasteiger partial charge in [-0.25, -0.2) is 0 Å². The number of hydrogen-bond acceptors (Lipinski definition) is 3. The molecule has 1 atom stereocenters. The third kappa shape index (κ3) is 7.22. The van der Waals surface area contributed by atoms with Gasteiger partial charge in [0, 0.05) is 25.8 Å². The zero-order chi connectivity index (χ0) is 23.6. The molecule has 0 saturated carbocycles. The predicted molar refractivity (Wildman–Crippen MR) is 137 cm³/mol. The maximum atomic E-state index is 13.5. The Balaban J connectivity index is 1.81. The van der Waals surface area contributed by atoms with Crippen molar-refractivity contribution < 1.29 is 9.59 Å². The zero-order valence-corrected chi connectivity index (χ0v) is 20.4. The van der Waals surface area contributed by atoms with Crippen molar-refractivity contribution >= 4 is 23.6 Å². The first kappa shape index (κ1) is 24.6. The molecule has 172 valence electrons. The molecule has 5 heteroatoms. The number of hydrogen-bond donors (Lipinski definition) is 1. The largest absolute Gasteiger partial charge is 0.357 e. The monoisotopic (exact) mass is 460 g/mol. The first-order chi connectivity index (χ1) is 16.0. The van der Waals surface area contributed by atoms with Crippen LogP contribution in [0.1, 0.15) is 27.8 Å². The first-order valence-corrected chi connectivity index (χ1v) is 12.4. The molecule has 0 aliphatic heterocycles. The number of nitrogens with zero attached hydrogens (tertiary/aromatic N) is 1. The van der Waals surface area contributed by atoms with E-state index in [1.807, 2.05) is 61.5 Å². The standard InChI is InChI=1S/C28H32N2O2S/c1-21-13-15-24(16-14-21)19-33-20-27(31)30(18-25-12-8-7-9-22(25)2)26(28(32)29-3)17-23-10-5-4-6-11-23/h4-16,26H,17-20H2,1-3H3,(H,29,32)/t26-/m1/s1. The molecule has 0 aromatic heterocycles. The highest BCUT2D eigenvalue weighted by atomic mass is 32.2. The van der Waals surface area contributed by atoms with Gasteiger partial charge >= 0.3 is 0 Å². The van der Waals surface area contributed by atoms with Crippen LogP contribution in [-0.2, 0) is 28.3 Å². The molecule has 33 heavy (non-hydrogen) atoms. The second-order valence-corrected chi connectivity index (χ2v) is 9.23. The van der Waals surface area contributed by atoms with Gasteiger partial charge in [-0.05, 0) is 36.1 Å². The molecular formula is C28H32N2O2S. The Morgan fingerprint density at radius 1 is 0.879 bits per heavy atom.